The van der Waals surface area contributed by atoms with E-state index in [1.807, 2.05) is 53.4 Å². The molecule has 32 heavy (non-hydrogen) atoms. The van der Waals surface area contributed by atoms with Crippen LogP contribution in [0.15, 0.2) is 48.5 Å². The summed E-state index contributed by atoms with van der Waals surface area (Å²) in [6.45, 7) is 5.49. The van der Waals surface area contributed by atoms with E-state index in [0.717, 1.165) is 42.6 Å². The lowest BCUT2D eigenvalue weighted by Gasteiger charge is -2.50. The fraction of sp³-hybridized carbons (Fsp3) is 0.481. The molecule has 2 aliphatic rings. The number of carbonyl (C=O) groups excluding carboxylic acids is 2. The Morgan fingerprint density at radius 3 is 2.53 bits per heavy atom. The molecule has 1 saturated carbocycles. The second kappa shape index (κ2) is 9.35. The van der Waals surface area contributed by atoms with Gasteiger partial charge in [-0.3, -0.25) is 9.59 Å². The van der Waals surface area contributed by atoms with Crippen LogP contribution in [0.5, 0.6) is 5.75 Å². The molecular formula is C27H34N2O3. The van der Waals surface area contributed by atoms with Crippen molar-refractivity contribution in [3.63, 3.8) is 0 Å². The zero-order chi connectivity index (χ0) is 22.7. The summed E-state index contributed by atoms with van der Waals surface area (Å²) < 4.78 is 5.45. The first-order valence-electron chi connectivity index (χ1n) is 11.8. The third-order valence-electron chi connectivity index (χ3n) is 6.99. The summed E-state index contributed by atoms with van der Waals surface area (Å²) >= 11 is 0. The molecule has 1 heterocycles. The number of hydrogen-bond donors (Lipinski definition) is 1. The van der Waals surface area contributed by atoms with Gasteiger partial charge in [-0.2, -0.15) is 0 Å². The molecule has 4 rings (SSSR count). The van der Waals surface area contributed by atoms with Crippen LogP contribution < -0.4 is 10.1 Å². The van der Waals surface area contributed by atoms with Crippen molar-refractivity contribution >= 4 is 11.8 Å². The van der Waals surface area contributed by atoms with Crippen LogP contribution in [-0.2, 0) is 11.2 Å². The summed E-state index contributed by atoms with van der Waals surface area (Å²) in [4.78, 5) is 29.3. The molecule has 0 saturated heterocycles. The molecule has 2 aromatic rings. The summed E-state index contributed by atoms with van der Waals surface area (Å²) in [6, 6.07) is 15.6. The van der Waals surface area contributed by atoms with Crippen molar-refractivity contribution in [1.29, 1.82) is 0 Å². The van der Waals surface area contributed by atoms with Gasteiger partial charge in [-0.05, 0) is 48.4 Å². The van der Waals surface area contributed by atoms with E-state index in [2.05, 4.69) is 19.2 Å². The van der Waals surface area contributed by atoms with Crippen LogP contribution >= 0.6 is 0 Å². The highest BCUT2D eigenvalue weighted by molar-refractivity contribution is 6.02. The van der Waals surface area contributed by atoms with E-state index in [4.69, 9.17) is 4.74 Å². The molecule has 5 heteroatoms. The van der Waals surface area contributed by atoms with Crippen LogP contribution in [0.25, 0.3) is 0 Å². The van der Waals surface area contributed by atoms with Gasteiger partial charge < -0.3 is 15.0 Å². The number of carbonyl (C=O) groups is 2. The van der Waals surface area contributed by atoms with Gasteiger partial charge in [-0.1, -0.05) is 63.1 Å². The molecule has 5 nitrogen and oxygen atoms in total. The molecule has 1 atom stereocenters. The van der Waals surface area contributed by atoms with Crippen molar-refractivity contribution in [2.75, 3.05) is 20.2 Å². The molecule has 0 radical (unpaired) electrons. The number of rotatable bonds is 7. The van der Waals surface area contributed by atoms with Crippen molar-refractivity contribution in [2.45, 2.75) is 57.4 Å². The van der Waals surface area contributed by atoms with E-state index in [1.54, 1.807) is 7.11 Å². The van der Waals surface area contributed by atoms with Crippen LogP contribution in [-0.4, -0.2) is 42.5 Å². The topological polar surface area (TPSA) is 58.6 Å². The lowest BCUT2D eigenvalue weighted by molar-refractivity contribution is -0.126. The molecule has 1 aliphatic heterocycles. The number of para-hydroxylation sites is 1. The van der Waals surface area contributed by atoms with Crippen LogP contribution in [0.4, 0.5) is 0 Å². The Morgan fingerprint density at radius 1 is 1.12 bits per heavy atom. The van der Waals surface area contributed by atoms with Gasteiger partial charge in [0.1, 0.15) is 5.75 Å². The standard InChI is InChI=1S/C27H34N2O3/c1-19(2)18-29-26(31)22-12-6-5-11-21(22)24(27(29)15-8-9-16-27)25(30)28-17-14-20-10-4-7-13-23(20)32-3/h4-7,10-13,19,24H,8-9,14-18H2,1-3H3,(H,28,30)/t24-/m0/s1. The maximum Gasteiger partial charge on any atom is 0.254 e. The van der Waals surface area contributed by atoms with Crippen LogP contribution in [0.1, 0.15) is 66.9 Å². The molecule has 1 fully saturated rings. The molecule has 0 unspecified atom stereocenters. The van der Waals surface area contributed by atoms with E-state index < -0.39 is 5.54 Å². The van der Waals surface area contributed by atoms with Gasteiger partial charge in [-0.15, -0.1) is 0 Å². The molecule has 0 aromatic heterocycles. The van der Waals surface area contributed by atoms with Gasteiger partial charge in [0.25, 0.3) is 5.91 Å². The van der Waals surface area contributed by atoms with E-state index in [0.29, 0.717) is 31.0 Å². The summed E-state index contributed by atoms with van der Waals surface area (Å²) in [5.41, 5.74) is 2.21. The number of hydrogen-bond acceptors (Lipinski definition) is 3. The van der Waals surface area contributed by atoms with Gasteiger partial charge >= 0.3 is 0 Å². The van der Waals surface area contributed by atoms with Crippen molar-refractivity contribution in [3.05, 3.63) is 65.2 Å². The number of nitrogens with zero attached hydrogens (tertiary/aromatic N) is 1. The average molecular weight is 435 g/mol. The quantitative estimate of drug-likeness (QED) is 0.695. The van der Waals surface area contributed by atoms with Crippen molar-refractivity contribution < 1.29 is 14.3 Å². The summed E-state index contributed by atoms with van der Waals surface area (Å²) in [6.07, 6.45) is 4.56. The van der Waals surface area contributed by atoms with Gasteiger partial charge in [0.15, 0.2) is 0 Å². The summed E-state index contributed by atoms with van der Waals surface area (Å²) in [5.74, 6) is 0.946. The number of fused-ring (bicyclic) bond motifs is 1. The monoisotopic (exact) mass is 434 g/mol. The Labute approximate surface area is 191 Å². The third kappa shape index (κ3) is 4.01. The Balaban J connectivity index is 1.63. The minimum absolute atomic E-state index is 0.0236. The molecule has 1 N–H and O–H groups in total. The van der Waals surface area contributed by atoms with E-state index >= 15 is 0 Å². The molecule has 2 aromatic carbocycles. The largest absolute Gasteiger partial charge is 0.496 e. The smallest absolute Gasteiger partial charge is 0.254 e. The fourth-order valence-corrected chi connectivity index (χ4v) is 5.63. The Hall–Kier alpha value is -2.82. The summed E-state index contributed by atoms with van der Waals surface area (Å²) in [7, 11) is 1.67. The Bertz CT molecular complexity index is 978. The number of benzene rings is 2. The molecule has 2 amide bonds. The predicted octanol–water partition coefficient (Wildman–Crippen LogP) is 4.56. The third-order valence-corrected chi connectivity index (χ3v) is 6.99. The number of amides is 2. The highest BCUT2D eigenvalue weighted by Gasteiger charge is 2.55. The maximum absolute atomic E-state index is 13.7. The number of nitrogens with one attached hydrogen (secondary N) is 1. The van der Waals surface area contributed by atoms with E-state index in [-0.39, 0.29) is 17.7 Å². The fourth-order valence-electron chi connectivity index (χ4n) is 5.63. The van der Waals surface area contributed by atoms with Gasteiger partial charge in [0.05, 0.1) is 18.6 Å². The molecular weight excluding hydrogens is 400 g/mol. The van der Waals surface area contributed by atoms with E-state index in [9.17, 15) is 9.59 Å². The molecule has 170 valence electrons. The highest BCUT2D eigenvalue weighted by Crippen LogP contribution is 2.50. The maximum atomic E-state index is 13.7. The first kappa shape index (κ1) is 22.4. The van der Waals surface area contributed by atoms with Crippen molar-refractivity contribution in [3.8, 4) is 5.75 Å². The minimum Gasteiger partial charge on any atom is -0.496 e. The van der Waals surface area contributed by atoms with Crippen LogP contribution in [0.2, 0.25) is 0 Å². The SMILES string of the molecule is COc1ccccc1CCNC(=O)[C@@H]1c2ccccc2C(=O)N(CC(C)C)C12CCCC2. The second-order valence-electron chi connectivity index (χ2n) is 9.49. The predicted molar refractivity (Wildman–Crippen MR) is 126 cm³/mol. The second-order valence-corrected chi connectivity index (χ2v) is 9.49. The lowest BCUT2D eigenvalue weighted by Crippen LogP contribution is -2.61. The molecule has 1 aliphatic carbocycles. The van der Waals surface area contributed by atoms with Crippen LogP contribution in [0.3, 0.4) is 0 Å². The Kier molecular flexibility index (Phi) is 6.54. The van der Waals surface area contributed by atoms with Gasteiger partial charge in [0, 0.05) is 18.7 Å². The summed E-state index contributed by atoms with van der Waals surface area (Å²) in [5, 5.41) is 3.20. The first-order valence-corrected chi connectivity index (χ1v) is 11.8. The molecule has 0 bridgehead atoms. The lowest BCUT2D eigenvalue weighted by atomic mass is 9.70. The molecule has 1 spiro atoms. The number of methoxy groups -OCH3 is 1. The highest BCUT2D eigenvalue weighted by atomic mass is 16.5. The minimum atomic E-state index is -0.426. The Morgan fingerprint density at radius 2 is 1.81 bits per heavy atom. The van der Waals surface area contributed by atoms with Crippen LogP contribution in [0, 0.1) is 5.92 Å². The van der Waals surface area contributed by atoms with E-state index in [1.165, 1.54) is 0 Å². The zero-order valence-corrected chi connectivity index (χ0v) is 19.4. The number of ether oxygens (including phenoxy) is 1. The average Bonchev–Trinajstić information content (AvgIpc) is 3.27. The zero-order valence-electron chi connectivity index (χ0n) is 19.4. The van der Waals surface area contributed by atoms with Gasteiger partial charge in [0.2, 0.25) is 5.91 Å². The normalized spacial score (nSPS) is 19.3. The van der Waals surface area contributed by atoms with Crippen molar-refractivity contribution in [1.82, 2.24) is 10.2 Å². The first-order chi connectivity index (χ1) is 15.5. The van der Waals surface area contributed by atoms with Crippen molar-refractivity contribution in [2.24, 2.45) is 5.92 Å². The van der Waals surface area contributed by atoms with Gasteiger partial charge in [-0.25, -0.2) is 0 Å².